The Hall–Kier alpha value is -0.760. The van der Waals surface area contributed by atoms with Gasteiger partial charge in [0.25, 0.3) is 0 Å². The van der Waals surface area contributed by atoms with Gasteiger partial charge in [-0.15, -0.1) is 0 Å². The molecule has 1 aliphatic rings. The highest BCUT2D eigenvalue weighted by Crippen LogP contribution is 2.37. The molecule has 0 fully saturated rings. The second kappa shape index (κ2) is 2.94. The Labute approximate surface area is 76.2 Å². The van der Waals surface area contributed by atoms with Crippen molar-refractivity contribution in [2.24, 2.45) is 0 Å². The second-order valence-corrected chi connectivity index (χ2v) is 4.22. The molecule has 1 aliphatic heterocycles. The molecule has 2 rings (SSSR count). The van der Waals surface area contributed by atoms with Crippen LogP contribution in [0, 0.1) is 0 Å². The first-order valence-corrected chi connectivity index (χ1v) is 4.88. The largest absolute Gasteiger partial charge is 0.287 e. The number of carbonyl (C=O) groups excluding carboxylic acids is 1. The summed E-state index contributed by atoms with van der Waals surface area (Å²) in [5.74, 6) is 0.398. The van der Waals surface area contributed by atoms with Gasteiger partial charge in [-0.05, 0) is 17.5 Å². The quantitative estimate of drug-likeness (QED) is 0.607. The molecule has 12 heavy (non-hydrogen) atoms. The van der Waals surface area contributed by atoms with Gasteiger partial charge in [-0.3, -0.25) is 4.79 Å². The van der Waals surface area contributed by atoms with Crippen LogP contribution in [0.4, 0.5) is 0 Å². The number of thioether (sulfide) groups is 1. The lowest BCUT2D eigenvalue weighted by Gasteiger charge is -2.19. The lowest BCUT2D eigenvalue weighted by Crippen LogP contribution is -2.07. The number of carbonyl (C=O) groups is 1. The summed E-state index contributed by atoms with van der Waals surface area (Å²) in [7, 11) is 0. The summed E-state index contributed by atoms with van der Waals surface area (Å²) in [5.41, 5.74) is 1.32. The Morgan fingerprint density at radius 3 is 3.00 bits per heavy atom. The molecule has 1 aromatic carbocycles. The molecule has 0 spiro atoms. The summed E-state index contributed by atoms with van der Waals surface area (Å²) in [6.45, 7) is 2.11. The minimum atomic E-state index is 0.293. The summed E-state index contributed by atoms with van der Waals surface area (Å²) in [6.07, 6.45) is 0.682. The van der Waals surface area contributed by atoms with Crippen molar-refractivity contribution in [1.82, 2.24) is 0 Å². The fraction of sp³-hybridized carbons (Fsp3) is 0.300. The Morgan fingerprint density at radius 2 is 2.17 bits per heavy atom. The zero-order valence-electron chi connectivity index (χ0n) is 6.91. The van der Waals surface area contributed by atoms with Crippen molar-refractivity contribution < 1.29 is 4.79 Å². The number of hydrogen-bond acceptors (Lipinski definition) is 2. The molecule has 0 N–H and O–H groups in total. The summed E-state index contributed by atoms with van der Waals surface area (Å²) in [4.78, 5) is 12.3. The summed E-state index contributed by atoms with van der Waals surface area (Å²) in [6, 6.07) is 8.15. The first-order chi connectivity index (χ1) is 5.77. The van der Waals surface area contributed by atoms with E-state index in [0.717, 1.165) is 4.90 Å². The van der Waals surface area contributed by atoms with Crippen molar-refractivity contribution in [2.45, 2.75) is 24.2 Å². The third kappa shape index (κ3) is 1.27. The zero-order chi connectivity index (χ0) is 8.55. The molecule has 0 aliphatic carbocycles. The third-order valence-corrected chi connectivity index (χ3v) is 3.13. The molecular formula is C10H10OS. The third-order valence-electron chi connectivity index (χ3n) is 2.15. The average molecular weight is 178 g/mol. The van der Waals surface area contributed by atoms with Crippen LogP contribution in [0.1, 0.15) is 24.8 Å². The van der Waals surface area contributed by atoms with E-state index in [1.165, 1.54) is 17.3 Å². The summed E-state index contributed by atoms with van der Waals surface area (Å²) < 4.78 is 0. The van der Waals surface area contributed by atoms with Crippen LogP contribution in [-0.2, 0) is 4.79 Å². The minimum absolute atomic E-state index is 0.293. The predicted molar refractivity (Wildman–Crippen MR) is 50.3 cm³/mol. The number of hydrogen-bond donors (Lipinski definition) is 0. The van der Waals surface area contributed by atoms with Crippen molar-refractivity contribution in [3.63, 3.8) is 0 Å². The fourth-order valence-electron chi connectivity index (χ4n) is 1.50. The van der Waals surface area contributed by atoms with Gasteiger partial charge in [-0.25, -0.2) is 0 Å². The monoisotopic (exact) mass is 178 g/mol. The van der Waals surface area contributed by atoms with Crippen molar-refractivity contribution in [3.05, 3.63) is 29.8 Å². The van der Waals surface area contributed by atoms with Crippen molar-refractivity contribution in [3.8, 4) is 0 Å². The molecule has 1 nitrogen and oxygen atoms in total. The van der Waals surface area contributed by atoms with Crippen LogP contribution >= 0.6 is 11.8 Å². The number of benzene rings is 1. The van der Waals surface area contributed by atoms with Gasteiger partial charge < -0.3 is 0 Å². The molecule has 62 valence electrons. The van der Waals surface area contributed by atoms with E-state index in [-0.39, 0.29) is 0 Å². The SMILES string of the molecule is CC1CC(=O)Sc2ccccc21. The lowest BCUT2D eigenvalue weighted by atomic mass is 9.98. The van der Waals surface area contributed by atoms with Crippen LogP contribution in [0.5, 0.6) is 0 Å². The molecule has 1 atom stereocenters. The van der Waals surface area contributed by atoms with Crippen LogP contribution in [0.2, 0.25) is 0 Å². The zero-order valence-corrected chi connectivity index (χ0v) is 7.73. The van der Waals surface area contributed by atoms with Crippen LogP contribution in [0.3, 0.4) is 0 Å². The minimum Gasteiger partial charge on any atom is -0.287 e. The number of rotatable bonds is 0. The molecule has 1 aromatic rings. The normalized spacial score (nSPS) is 22.1. The van der Waals surface area contributed by atoms with E-state index in [9.17, 15) is 4.79 Å². The van der Waals surface area contributed by atoms with Crippen LogP contribution < -0.4 is 0 Å². The number of fused-ring (bicyclic) bond motifs is 1. The molecule has 0 aromatic heterocycles. The van der Waals surface area contributed by atoms with Gasteiger partial charge in [0.15, 0.2) is 5.12 Å². The van der Waals surface area contributed by atoms with Gasteiger partial charge in [0.1, 0.15) is 0 Å². The molecule has 0 saturated carbocycles. The first kappa shape index (κ1) is 7.87. The molecule has 0 bridgehead atoms. The smallest absolute Gasteiger partial charge is 0.194 e. The predicted octanol–water partition coefficient (Wildman–Crippen LogP) is 2.81. The van der Waals surface area contributed by atoms with E-state index >= 15 is 0 Å². The molecule has 0 saturated heterocycles. The van der Waals surface area contributed by atoms with Gasteiger partial charge in [-0.2, -0.15) is 0 Å². The Balaban J connectivity index is 2.47. The van der Waals surface area contributed by atoms with Gasteiger partial charge in [0, 0.05) is 11.3 Å². The maximum Gasteiger partial charge on any atom is 0.194 e. The molecule has 1 unspecified atom stereocenters. The maximum atomic E-state index is 11.2. The first-order valence-electron chi connectivity index (χ1n) is 4.07. The lowest BCUT2D eigenvalue weighted by molar-refractivity contribution is -0.111. The summed E-state index contributed by atoms with van der Waals surface area (Å²) in [5, 5.41) is 0.293. The van der Waals surface area contributed by atoms with Gasteiger partial charge >= 0.3 is 0 Å². The molecular weight excluding hydrogens is 168 g/mol. The molecule has 0 radical (unpaired) electrons. The standard InChI is InChI=1S/C10H10OS/c1-7-6-10(11)12-9-5-3-2-4-8(7)9/h2-5,7H,6H2,1H3. The maximum absolute atomic E-state index is 11.2. The average Bonchev–Trinajstić information content (AvgIpc) is 2.04. The van der Waals surface area contributed by atoms with Crippen molar-refractivity contribution in [1.29, 1.82) is 0 Å². The van der Waals surface area contributed by atoms with Crippen molar-refractivity contribution in [2.75, 3.05) is 0 Å². The highest BCUT2D eigenvalue weighted by molar-refractivity contribution is 8.13. The Bertz CT molecular complexity index is 319. The van der Waals surface area contributed by atoms with Crippen LogP contribution in [0.15, 0.2) is 29.2 Å². The fourth-order valence-corrected chi connectivity index (χ4v) is 2.62. The molecule has 1 heterocycles. The van der Waals surface area contributed by atoms with E-state index in [1.807, 2.05) is 18.2 Å². The van der Waals surface area contributed by atoms with E-state index < -0.39 is 0 Å². The van der Waals surface area contributed by atoms with Crippen LogP contribution in [0.25, 0.3) is 0 Å². The molecule has 0 amide bonds. The highest BCUT2D eigenvalue weighted by Gasteiger charge is 2.21. The van der Waals surface area contributed by atoms with Gasteiger partial charge in [-0.1, -0.05) is 36.9 Å². The Morgan fingerprint density at radius 1 is 1.42 bits per heavy atom. The van der Waals surface area contributed by atoms with Gasteiger partial charge in [0.2, 0.25) is 0 Å². The second-order valence-electron chi connectivity index (χ2n) is 3.12. The van der Waals surface area contributed by atoms with Crippen molar-refractivity contribution >= 4 is 16.9 Å². The van der Waals surface area contributed by atoms with E-state index in [2.05, 4.69) is 13.0 Å². The van der Waals surface area contributed by atoms with E-state index in [4.69, 9.17) is 0 Å². The highest BCUT2D eigenvalue weighted by atomic mass is 32.2. The molecule has 2 heteroatoms. The topological polar surface area (TPSA) is 17.1 Å². The van der Waals surface area contributed by atoms with E-state index in [1.54, 1.807) is 0 Å². The van der Waals surface area contributed by atoms with E-state index in [0.29, 0.717) is 17.5 Å². The van der Waals surface area contributed by atoms with Crippen LogP contribution in [-0.4, -0.2) is 5.12 Å². The van der Waals surface area contributed by atoms with Gasteiger partial charge in [0.05, 0.1) is 0 Å². The Kier molecular flexibility index (Phi) is 1.93. The summed E-state index contributed by atoms with van der Waals surface area (Å²) >= 11 is 1.38.